The van der Waals surface area contributed by atoms with Crippen molar-refractivity contribution in [2.24, 2.45) is 0 Å². The molecule has 1 fully saturated rings. The Kier molecular flexibility index (Phi) is 5.88. The maximum absolute atomic E-state index is 12.3. The fraction of sp³-hybridized carbons (Fsp3) is 0.444. The van der Waals surface area contributed by atoms with E-state index >= 15 is 0 Å². The van der Waals surface area contributed by atoms with Crippen molar-refractivity contribution in [2.45, 2.75) is 38.8 Å². The van der Waals surface area contributed by atoms with Crippen molar-refractivity contribution in [1.29, 1.82) is 0 Å². The van der Waals surface area contributed by atoms with Gasteiger partial charge in [0, 0.05) is 17.7 Å². The van der Waals surface area contributed by atoms with Crippen LogP contribution in [-0.2, 0) is 16.1 Å². The molecule has 25 heavy (non-hydrogen) atoms. The molecule has 1 aromatic heterocycles. The minimum absolute atomic E-state index is 0.00572. The van der Waals surface area contributed by atoms with E-state index in [1.54, 1.807) is 11.4 Å². The van der Waals surface area contributed by atoms with E-state index in [1.807, 2.05) is 25.1 Å². The molecule has 0 spiro atoms. The van der Waals surface area contributed by atoms with E-state index in [4.69, 9.17) is 9.47 Å². The van der Waals surface area contributed by atoms with Crippen LogP contribution < -0.4 is 14.9 Å². The van der Waals surface area contributed by atoms with Gasteiger partial charge < -0.3 is 14.8 Å². The number of amides is 1. The lowest BCUT2D eigenvalue weighted by molar-refractivity contribution is -0.116. The van der Waals surface area contributed by atoms with Gasteiger partial charge in [-0.3, -0.25) is 14.2 Å². The van der Waals surface area contributed by atoms with Crippen LogP contribution in [-0.4, -0.2) is 29.8 Å². The van der Waals surface area contributed by atoms with Gasteiger partial charge in [-0.2, -0.15) is 0 Å². The quantitative estimate of drug-likeness (QED) is 0.858. The zero-order valence-electron chi connectivity index (χ0n) is 14.2. The third-order valence-corrected chi connectivity index (χ3v) is 5.02. The maximum atomic E-state index is 12.3. The van der Waals surface area contributed by atoms with Crippen LogP contribution in [0.4, 0.5) is 5.69 Å². The van der Waals surface area contributed by atoms with E-state index in [-0.39, 0.29) is 23.4 Å². The van der Waals surface area contributed by atoms with Gasteiger partial charge in [-0.1, -0.05) is 23.5 Å². The van der Waals surface area contributed by atoms with Crippen molar-refractivity contribution < 1.29 is 14.3 Å². The number of thiazole rings is 1. The van der Waals surface area contributed by atoms with Crippen LogP contribution in [0.1, 0.15) is 25.0 Å². The molecule has 2 aromatic rings. The van der Waals surface area contributed by atoms with Crippen LogP contribution in [0.3, 0.4) is 0 Å². The van der Waals surface area contributed by atoms with E-state index in [0.717, 1.165) is 42.9 Å². The summed E-state index contributed by atoms with van der Waals surface area (Å²) < 4.78 is 13.0. The second kappa shape index (κ2) is 8.31. The molecule has 1 amide bonds. The lowest BCUT2D eigenvalue weighted by Crippen LogP contribution is -2.27. The molecule has 7 heteroatoms. The number of para-hydroxylation sites is 2. The molecule has 134 valence electrons. The van der Waals surface area contributed by atoms with Crippen LogP contribution in [0, 0.1) is 6.92 Å². The highest BCUT2D eigenvalue weighted by molar-refractivity contribution is 7.07. The average Bonchev–Trinajstić information content (AvgIpc) is 2.94. The predicted molar refractivity (Wildman–Crippen MR) is 97.5 cm³/mol. The summed E-state index contributed by atoms with van der Waals surface area (Å²) in [6.45, 7) is 3.05. The van der Waals surface area contributed by atoms with Gasteiger partial charge in [0.1, 0.15) is 18.9 Å². The van der Waals surface area contributed by atoms with E-state index in [1.165, 1.54) is 4.57 Å². The highest BCUT2D eigenvalue weighted by Gasteiger charge is 2.16. The Morgan fingerprint density at radius 1 is 1.40 bits per heavy atom. The molecule has 6 nitrogen and oxygen atoms in total. The van der Waals surface area contributed by atoms with Crippen LogP contribution in [0.25, 0.3) is 0 Å². The number of hydrogen-bond acceptors (Lipinski definition) is 5. The molecule has 1 saturated heterocycles. The van der Waals surface area contributed by atoms with Gasteiger partial charge >= 0.3 is 4.87 Å². The molecular formula is C18H22N2O4S. The summed E-state index contributed by atoms with van der Waals surface area (Å²) in [6.07, 6.45) is 3.35. The fourth-order valence-corrected chi connectivity index (χ4v) is 3.48. The number of nitrogens with zero attached hydrogens (tertiary/aromatic N) is 1. The van der Waals surface area contributed by atoms with Crippen molar-refractivity contribution >= 4 is 22.9 Å². The average molecular weight is 362 g/mol. The zero-order valence-corrected chi connectivity index (χ0v) is 15.0. The normalized spacial score (nSPS) is 17.2. The van der Waals surface area contributed by atoms with Gasteiger partial charge in [-0.25, -0.2) is 0 Å². The molecule has 1 aromatic carbocycles. The Balaban J connectivity index is 1.62. The summed E-state index contributed by atoms with van der Waals surface area (Å²) in [4.78, 5) is 23.9. The lowest BCUT2D eigenvalue weighted by atomic mass is 10.1. The number of carbonyl (C=O) groups excluding carboxylic acids is 1. The van der Waals surface area contributed by atoms with Crippen LogP contribution >= 0.6 is 11.3 Å². The molecule has 1 aliphatic heterocycles. The monoisotopic (exact) mass is 362 g/mol. The second-order valence-electron chi connectivity index (χ2n) is 6.07. The topological polar surface area (TPSA) is 69.6 Å². The Labute approximate surface area is 150 Å². The molecule has 0 aliphatic carbocycles. The predicted octanol–water partition coefficient (Wildman–Crippen LogP) is 2.80. The molecule has 0 bridgehead atoms. The molecule has 1 N–H and O–H groups in total. The standard InChI is InChI=1S/C18H22N2O4S/c1-13-12-25-18(22)20(13)10-17(21)19-15-7-2-3-8-16(15)24-11-14-6-4-5-9-23-14/h2-3,7-8,12,14H,4-6,9-11H2,1H3,(H,19,21). The number of aromatic nitrogens is 1. The summed E-state index contributed by atoms with van der Waals surface area (Å²) in [5, 5.41) is 4.58. The Hall–Kier alpha value is -2.12. The summed E-state index contributed by atoms with van der Waals surface area (Å²) in [5.74, 6) is 0.355. The molecule has 0 radical (unpaired) electrons. The maximum Gasteiger partial charge on any atom is 0.307 e. The van der Waals surface area contributed by atoms with Gasteiger partial charge in [0.2, 0.25) is 5.91 Å². The summed E-state index contributed by atoms with van der Waals surface area (Å²) >= 11 is 1.10. The molecule has 1 unspecified atom stereocenters. The number of carbonyl (C=O) groups is 1. The highest BCUT2D eigenvalue weighted by atomic mass is 32.1. The minimum atomic E-state index is -0.256. The van der Waals surface area contributed by atoms with Crippen molar-refractivity contribution in [2.75, 3.05) is 18.5 Å². The van der Waals surface area contributed by atoms with Gasteiger partial charge in [0.15, 0.2) is 0 Å². The van der Waals surface area contributed by atoms with Crippen molar-refractivity contribution in [3.05, 3.63) is 45.0 Å². The second-order valence-corrected chi connectivity index (χ2v) is 6.89. The fourth-order valence-electron chi connectivity index (χ4n) is 2.75. The van der Waals surface area contributed by atoms with E-state index in [0.29, 0.717) is 18.0 Å². The number of nitrogens with one attached hydrogen (secondary N) is 1. The third kappa shape index (κ3) is 4.70. The van der Waals surface area contributed by atoms with E-state index < -0.39 is 0 Å². The van der Waals surface area contributed by atoms with Gasteiger partial charge in [0.05, 0.1) is 11.8 Å². The highest BCUT2D eigenvalue weighted by Crippen LogP contribution is 2.25. The number of benzene rings is 1. The molecule has 2 heterocycles. The summed E-state index contributed by atoms with van der Waals surface area (Å²) in [7, 11) is 0. The van der Waals surface area contributed by atoms with Crippen molar-refractivity contribution in [1.82, 2.24) is 4.57 Å². The first-order valence-electron chi connectivity index (χ1n) is 8.41. The Morgan fingerprint density at radius 2 is 2.24 bits per heavy atom. The van der Waals surface area contributed by atoms with E-state index in [9.17, 15) is 9.59 Å². The Bertz CT molecular complexity index is 777. The van der Waals surface area contributed by atoms with Gasteiger partial charge in [-0.05, 0) is 38.3 Å². The lowest BCUT2D eigenvalue weighted by Gasteiger charge is -2.23. The number of hydrogen-bond donors (Lipinski definition) is 1. The number of rotatable bonds is 6. The van der Waals surface area contributed by atoms with Crippen LogP contribution in [0.2, 0.25) is 0 Å². The summed E-state index contributed by atoms with van der Waals surface area (Å²) in [5.41, 5.74) is 1.38. The number of aryl methyl sites for hydroxylation is 1. The zero-order chi connectivity index (χ0) is 17.6. The van der Waals surface area contributed by atoms with Crippen molar-refractivity contribution in [3.8, 4) is 5.75 Å². The number of ether oxygens (including phenoxy) is 2. The van der Waals surface area contributed by atoms with Crippen LogP contribution in [0.15, 0.2) is 34.4 Å². The number of anilines is 1. The first kappa shape index (κ1) is 17.7. The van der Waals surface area contributed by atoms with Gasteiger partial charge in [0.25, 0.3) is 0 Å². The first-order chi connectivity index (χ1) is 12.1. The SMILES string of the molecule is Cc1csc(=O)n1CC(=O)Nc1ccccc1OCC1CCCCO1. The van der Waals surface area contributed by atoms with Gasteiger partial charge in [-0.15, -0.1) is 0 Å². The molecule has 1 aliphatic rings. The molecule has 0 saturated carbocycles. The molecular weight excluding hydrogens is 340 g/mol. The minimum Gasteiger partial charge on any atom is -0.489 e. The largest absolute Gasteiger partial charge is 0.489 e. The first-order valence-corrected chi connectivity index (χ1v) is 9.29. The molecule has 3 rings (SSSR count). The third-order valence-electron chi connectivity index (χ3n) is 4.14. The smallest absolute Gasteiger partial charge is 0.307 e. The molecule has 1 atom stereocenters. The van der Waals surface area contributed by atoms with E-state index in [2.05, 4.69) is 5.32 Å². The summed E-state index contributed by atoms with van der Waals surface area (Å²) in [6, 6.07) is 7.31. The Morgan fingerprint density at radius 3 is 2.96 bits per heavy atom. The van der Waals surface area contributed by atoms with Crippen molar-refractivity contribution in [3.63, 3.8) is 0 Å². The van der Waals surface area contributed by atoms with Crippen LogP contribution in [0.5, 0.6) is 5.75 Å².